The molecule has 7 heteroatoms. The van der Waals surface area contributed by atoms with E-state index < -0.39 is 16.0 Å². The van der Waals surface area contributed by atoms with Crippen LogP contribution in [0.25, 0.3) is 0 Å². The van der Waals surface area contributed by atoms with Gasteiger partial charge in [0.2, 0.25) is 10.0 Å². The van der Waals surface area contributed by atoms with E-state index in [4.69, 9.17) is 5.11 Å². The summed E-state index contributed by atoms with van der Waals surface area (Å²) in [6, 6.07) is 6.17. The standard InChI is InChI=1S/C11H15NO5S/c1-17-11(14)9-5-3-4-6-10(9)12(7-8-13)18(2,15)16/h3-6,13H,7-8H2,1-2H3. The molecule has 0 fully saturated rings. The van der Waals surface area contributed by atoms with Crippen molar-refractivity contribution in [3.8, 4) is 0 Å². The number of nitrogens with zero attached hydrogens (tertiary/aromatic N) is 1. The van der Waals surface area contributed by atoms with Gasteiger partial charge in [0.05, 0.1) is 37.8 Å². The minimum atomic E-state index is -3.58. The molecule has 0 aliphatic rings. The number of benzene rings is 1. The van der Waals surface area contributed by atoms with Crippen molar-refractivity contribution < 1.29 is 23.1 Å². The van der Waals surface area contributed by atoms with E-state index in [9.17, 15) is 13.2 Å². The molecule has 1 rings (SSSR count). The summed E-state index contributed by atoms with van der Waals surface area (Å²) in [5, 5.41) is 8.93. The summed E-state index contributed by atoms with van der Waals surface area (Å²) in [6.45, 7) is -0.463. The molecule has 1 aromatic rings. The topological polar surface area (TPSA) is 83.9 Å². The highest BCUT2D eigenvalue weighted by Gasteiger charge is 2.22. The number of ether oxygens (including phenoxy) is 1. The van der Waals surface area contributed by atoms with Crippen molar-refractivity contribution in [3.63, 3.8) is 0 Å². The number of carbonyl (C=O) groups is 1. The Kier molecular flexibility index (Phi) is 4.69. The van der Waals surface area contributed by atoms with Gasteiger partial charge in [0.25, 0.3) is 0 Å². The summed E-state index contributed by atoms with van der Waals surface area (Å²) >= 11 is 0. The Morgan fingerprint density at radius 3 is 2.50 bits per heavy atom. The zero-order valence-electron chi connectivity index (χ0n) is 10.2. The summed E-state index contributed by atoms with van der Waals surface area (Å²) < 4.78 is 28.9. The van der Waals surface area contributed by atoms with Crippen molar-refractivity contribution in [2.75, 3.05) is 30.8 Å². The van der Waals surface area contributed by atoms with Gasteiger partial charge < -0.3 is 9.84 Å². The number of sulfonamides is 1. The lowest BCUT2D eigenvalue weighted by Crippen LogP contribution is -2.33. The second kappa shape index (κ2) is 5.83. The van der Waals surface area contributed by atoms with Crippen molar-refractivity contribution in [3.05, 3.63) is 29.8 Å². The van der Waals surface area contributed by atoms with Gasteiger partial charge >= 0.3 is 5.97 Å². The fourth-order valence-electron chi connectivity index (χ4n) is 1.53. The van der Waals surface area contributed by atoms with Crippen LogP contribution in [0.2, 0.25) is 0 Å². The second-order valence-corrected chi connectivity index (χ2v) is 5.47. The van der Waals surface area contributed by atoms with Gasteiger partial charge in [-0.2, -0.15) is 0 Å². The molecule has 0 aromatic heterocycles. The monoisotopic (exact) mass is 273 g/mol. The van der Waals surface area contributed by atoms with E-state index >= 15 is 0 Å². The van der Waals surface area contributed by atoms with Gasteiger partial charge in [-0.05, 0) is 12.1 Å². The zero-order chi connectivity index (χ0) is 13.8. The predicted molar refractivity (Wildman–Crippen MR) is 67.1 cm³/mol. The van der Waals surface area contributed by atoms with E-state index in [2.05, 4.69) is 4.74 Å². The maximum absolute atomic E-state index is 11.6. The number of hydrogen-bond acceptors (Lipinski definition) is 5. The van der Waals surface area contributed by atoms with E-state index in [1.54, 1.807) is 12.1 Å². The average molecular weight is 273 g/mol. The van der Waals surface area contributed by atoms with Crippen LogP contribution < -0.4 is 4.31 Å². The number of aliphatic hydroxyl groups excluding tert-OH is 1. The maximum atomic E-state index is 11.6. The largest absolute Gasteiger partial charge is 0.465 e. The highest BCUT2D eigenvalue weighted by molar-refractivity contribution is 7.92. The van der Waals surface area contributed by atoms with Crippen LogP contribution in [-0.2, 0) is 14.8 Å². The molecule has 0 spiro atoms. The number of carbonyl (C=O) groups excluding carboxylic acids is 1. The average Bonchev–Trinajstić information content (AvgIpc) is 2.33. The summed E-state index contributed by atoms with van der Waals surface area (Å²) in [7, 11) is -2.36. The van der Waals surface area contributed by atoms with Gasteiger partial charge in [0.1, 0.15) is 0 Å². The SMILES string of the molecule is COC(=O)c1ccccc1N(CCO)S(C)(=O)=O. The molecule has 18 heavy (non-hydrogen) atoms. The quantitative estimate of drug-likeness (QED) is 0.776. The molecular formula is C11H15NO5S. The molecule has 0 saturated carbocycles. The van der Waals surface area contributed by atoms with Crippen LogP contribution >= 0.6 is 0 Å². The first-order valence-corrected chi connectivity index (χ1v) is 7.02. The van der Waals surface area contributed by atoms with E-state index in [1.165, 1.54) is 19.2 Å². The molecule has 1 aromatic carbocycles. The Balaban J connectivity index is 3.33. The fraction of sp³-hybridized carbons (Fsp3) is 0.364. The van der Waals surface area contributed by atoms with Crippen LogP contribution in [0, 0.1) is 0 Å². The molecule has 0 amide bonds. The lowest BCUT2D eigenvalue weighted by Gasteiger charge is -2.23. The maximum Gasteiger partial charge on any atom is 0.340 e. The molecule has 0 bridgehead atoms. The summed E-state index contributed by atoms with van der Waals surface area (Å²) in [5.41, 5.74) is 0.333. The number of anilines is 1. The summed E-state index contributed by atoms with van der Waals surface area (Å²) in [6.07, 6.45) is 1.01. The van der Waals surface area contributed by atoms with Gasteiger partial charge in [-0.1, -0.05) is 12.1 Å². The predicted octanol–water partition coefficient (Wildman–Crippen LogP) is 0.232. The highest BCUT2D eigenvalue weighted by atomic mass is 32.2. The van der Waals surface area contributed by atoms with Crippen LogP contribution in [0.1, 0.15) is 10.4 Å². The Hall–Kier alpha value is -1.60. The smallest absolute Gasteiger partial charge is 0.340 e. The molecule has 0 heterocycles. The third kappa shape index (κ3) is 3.21. The van der Waals surface area contributed by atoms with Crippen LogP contribution in [0.5, 0.6) is 0 Å². The minimum absolute atomic E-state index is 0.118. The van der Waals surface area contributed by atoms with Gasteiger partial charge in [-0.25, -0.2) is 13.2 Å². The molecule has 1 N–H and O–H groups in total. The minimum Gasteiger partial charge on any atom is -0.465 e. The third-order valence-electron chi connectivity index (χ3n) is 2.28. The number of para-hydroxylation sites is 1. The molecular weight excluding hydrogens is 258 g/mol. The lowest BCUT2D eigenvalue weighted by atomic mass is 10.2. The molecule has 0 aliphatic carbocycles. The van der Waals surface area contributed by atoms with E-state index in [0.29, 0.717) is 0 Å². The third-order valence-corrected chi connectivity index (χ3v) is 3.46. The first kappa shape index (κ1) is 14.5. The molecule has 100 valence electrons. The first-order valence-electron chi connectivity index (χ1n) is 5.17. The van der Waals surface area contributed by atoms with Gasteiger partial charge in [0.15, 0.2) is 0 Å². The van der Waals surface area contributed by atoms with Crippen molar-refractivity contribution in [2.24, 2.45) is 0 Å². The second-order valence-electron chi connectivity index (χ2n) is 3.57. The van der Waals surface area contributed by atoms with Crippen LogP contribution in [0.4, 0.5) is 5.69 Å². The van der Waals surface area contributed by atoms with Gasteiger partial charge in [-0.15, -0.1) is 0 Å². The molecule has 0 aliphatic heterocycles. The zero-order valence-corrected chi connectivity index (χ0v) is 11.0. The Morgan fingerprint density at radius 1 is 1.39 bits per heavy atom. The molecule has 0 atom stereocenters. The highest BCUT2D eigenvalue weighted by Crippen LogP contribution is 2.23. The summed E-state index contributed by atoms with van der Waals surface area (Å²) in [5.74, 6) is -0.628. The fourth-order valence-corrected chi connectivity index (χ4v) is 2.46. The van der Waals surface area contributed by atoms with Crippen molar-refractivity contribution in [1.29, 1.82) is 0 Å². The number of methoxy groups -OCH3 is 1. The number of rotatable bonds is 5. The van der Waals surface area contributed by atoms with E-state index in [-0.39, 0.29) is 24.4 Å². The number of hydrogen-bond donors (Lipinski definition) is 1. The van der Waals surface area contributed by atoms with Crippen molar-refractivity contribution in [1.82, 2.24) is 0 Å². The molecule has 0 saturated heterocycles. The van der Waals surface area contributed by atoms with Crippen LogP contribution in [0.15, 0.2) is 24.3 Å². The normalized spacial score (nSPS) is 11.1. The number of esters is 1. The van der Waals surface area contributed by atoms with Crippen LogP contribution in [0.3, 0.4) is 0 Å². The Bertz CT molecular complexity index is 526. The van der Waals surface area contributed by atoms with Crippen LogP contribution in [-0.4, -0.2) is 46.0 Å². The Morgan fingerprint density at radius 2 is 2.00 bits per heavy atom. The first-order chi connectivity index (χ1) is 8.41. The molecule has 0 unspecified atom stereocenters. The van der Waals surface area contributed by atoms with Crippen molar-refractivity contribution in [2.45, 2.75) is 0 Å². The van der Waals surface area contributed by atoms with Crippen molar-refractivity contribution >= 4 is 21.7 Å². The van der Waals surface area contributed by atoms with E-state index in [1.807, 2.05) is 0 Å². The number of aliphatic hydroxyl groups is 1. The lowest BCUT2D eigenvalue weighted by molar-refractivity contribution is 0.0601. The summed E-state index contributed by atoms with van der Waals surface area (Å²) in [4.78, 5) is 11.6. The molecule has 6 nitrogen and oxygen atoms in total. The van der Waals surface area contributed by atoms with Gasteiger partial charge in [-0.3, -0.25) is 4.31 Å². The molecule has 0 radical (unpaired) electrons. The Labute approximate surface area is 106 Å². The van der Waals surface area contributed by atoms with E-state index in [0.717, 1.165) is 10.6 Å². The van der Waals surface area contributed by atoms with Gasteiger partial charge in [0, 0.05) is 0 Å².